The fourth-order valence-corrected chi connectivity index (χ4v) is 3.38. The summed E-state index contributed by atoms with van der Waals surface area (Å²) in [6.07, 6.45) is 5.17. The molecule has 3 rings (SSSR count). The van der Waals surface area contributed by atoms with E-state index in [0.717, 1.165) is 5.92 Å². The molecule has 0 bridgehead atoms. The van der Waals surface area contributed by atoms with Crippen LogP contribution in [0.1, 0.15) is 43.8 Å². The van der Waals surface area contributed by atoms with Crippen molar-refractivity contribution in [1.82, 2.24) is 5.32 Å². The maximum atomic E-state index is 12.2. The Labute approximate surface area is 125 Å². The summed E-state index contributed by atoms with van der Waals surface area (Å²) in [6, 6.07) is 7.02. The van der Waals surface area contributed by atoms with Gasteiger partial charge < -0.3 is 15.2 Å². The van der Waals surface area contributed by atoms with Gasteiger partial charge in [0.15, 0.2) is 6.10 Å². The Hall–Kier alpha value is -1.55. The van der Waals surface area contributed by atoms with E-state index in [1.807, 2.05) is 0 Å². The number of hydrogen-bond donors (Lipinski definition) is 2. The molecule has 4 heteroatoms. The highest BCUT2D eigenvalue weighted by molar-refractivity contribution is 5.82. The largest absolute Gasteiger partial charge is 0.497 e. The van der Waals surface area contributed by atoms with Crippen LogP contribution in [0, 0.1) is 11.3 Å². The smallest absolute Gasteiger partial charge is 0.253 e. The first kappa shape index (κ1) is 14.4. The van der Waals surface area contributed by atoms with E-state index in [4.69, 9.17) is 4.74 Å². The normalized spacial score (nSPS) is 21.2. The van der Waals surface area contributed by atoms with Gasteiger partial charge in [-0.15, -0.1) is 0 Å². The van der Waals surface area contributed by atoms with E-state index in [1.54, 1.807) is 31.4 Å². The zero-order chi connectivity index (χ0) is 14.9. The summed E-state index contributed by atoms with van der Waals surface area (Å²) in [4.78, 5) is 12.2. The van der Waals surface area contributed by atoms with Gasteiger partial charge in [0.1, 0.15) is 5.75 Å². The molecule has 2 saturated carbocycles. The van der Waals surface area contributed by atoms with Crippen LogP contribution in [-0.4, -0.2) is 24.7 Å². The van der Waals surface area contributed by atoms with Crippen molar-refractivity contribution in [2.45, 2.75) is 38.2 Å². The highest BCUT2D eigenvalue weighted by Crippen LogP contribution is 2.56. The van der Waals surface area contributed by atoms with Crippen molar-refractivity contribution < 1.29 is 14.6 Å². The molecule has 0 radical (unpaired) electrons. The fraction of sp³-hybridized carbons (Fsp3) is 0.588. The molecular formula is C17H23NO3. The minimum Gasteiger partial charge on any atom is -0.497 e. The summed E-state index contributed by atoms with van der Waals surface area (Å²) >= 11 is 0. The van der Waals surface area contributed by atoms with Gasteiger partial charge in [0.2, 0.25) is 0 Å². The standard InChI is InChI=1S/C17H23NO3/c1-21-14-5-2-4-12(10-14)15(19)16(20)18-11-17(8-3-9-17)13-6-7-13/h2,4-5,10,13,15,19H,3,6-9,11H2,1H3,(H,18,20). The first-order valence-electron chi connectivity index (χ1n) is 7.74. The molecule has 1 aromatic carbocycles. The minimum absolute atomic E-state index is 0.310. The number of hydrogen-bond acceptors (Lipinski definition) is 3. The maximum Gasteiger partial charge on any atom is 0.253 e. The number of aliphatic hydroxyl groups excluding tert-OH is 1. The first-order chi connectivity index (χ1) is 10.1. The van der Waals surface area contributed by atoms with Crippen LogP contribution in [0.3, 0.4) is 0 Å². The van der Waals surface area contributed by atoms with Crippen LogP contribution in [0.25, 0.3) is 0 Å². The van der Waals surface area contributed by atoms with Gasteiger partial charge in [-0.2, -0.15) is 0 Å². The molecule has 4 nitrogen and oxygen atoms in total. The number of methoxy groups -OCH3 is 1. The van der Waals surface area contributed by atoms with Gasteiger partial charge >= 0.3 is 0 Å². The molecule has 2 N–H and O–H groups in total. The second kappa shape index (κ2) is 5.68. The molecule has 0 aromatic heterocycles. The Morgan fingerprint density at radius 2 is 2.24 bits per heavy atom. The summed E-state index contributed by atoms with van der Waals surface area (Å²) in [5.74, 6) is 1.13. The lowest BCUT2D eigenvalue weighted by Gasteiger charge is -2.42. The third-order valence-corrected chi connectivity index (χ3v) is 5.07. The second-order valence-corrected chi connectivity index (χ2v) is 6.39. The van der Waals surface area contributed by atoms with E-state index in [0.29, 0.717) is 23.3 Å². The van der Waals surface area contributed by atoms with Crippen LogP contribution in [0.5, 0.6) is 5.75 Å². The maximum absolute atomic E-state index is 12.2. The van der Waals surface area contributed by atoms with Crippen LogP contribution < -0.4 is 10.1 Å². The Bertz CT molecular complexity index is 521. The highest BCUT2D eigenvalue weighted by atomic mass is 16.5. The SMILES string of the molecule is COc1cccc(C(O)C(=O)NCC2(C3CC3)CCC2)c1. The van der Waals surface area contributed by atoms with Gasteiger partial charge in [-0.05, 0) is 54.7 Å². The van der Waals surface area contributed by atoms with Crippen LogP contribution in [0.2, 0.25) is 0 Å². The van der Waals surface area contributed by atoms with Crippen molar-refractivity contribution in [3.05, 3.63) is 29.8 Å². The Balaban J connectivity index is 1.59. The van der Waals surface area contributed by atoms with Crippen molar-refractivity contribution in [1.29, 1.82) is 0 Å². The summed E-state index contributed by atoms with van der Waals surface area (Å²) in [5.41, 5.74) is 0.893. The van der Waals surface area contributed by atoms with E-state index < -0.39 is 6.10 Å². The minimum atomic E-state index is -1.13. The lowest BCUT2D eigenvalue weighted by Crippen LogP contribution is -2.44. The van der Waals surface area contributed by atoms with E-state index >= 15 is 0 Å². The lowest BCUT2D eigenvalue weighted by atomic mass is 9.65. The van der Waals surface area contributed by atoms with Crippen molar-refractivity contribution in [3.63, 3.8) is 0 Å². The van der Waals surface area contributed by atoms with Crippen molar-refractivity contribution >= 4 is 5.91 Å². The Morgan fingerprint density at radius 3 is 2.81 bits per heavy atom. The first-order valence-corrected chi connectivity index (χ1v) is 7.74. The van der Waals surface area contributed by atoms with E-state index in [1.165, 1.54) is 32.1 Å². The number of nitrogens with one attached hydrogen (secondary N) is 1. The number of rotatable bonds is 6. The van der Waals surface area contributed by atoms with Crippen LogP contribution >= 0.6 is 0 Å². The Kier molecular flexibility index (Phi) is 3.89. The Morgan fingerprint density at radius 1 is 1.48 bits per heavy atom. The lowest BCUT2D eigenvalue weighted by molar-refractivity contribution is -0.130. The molecule has 0 spiro atoms. The van der Waals surface area contributed by atoms with Crippen molar-refractivity contribution in [3.8, 4) is 5.75 Å². The molecule has 21 heavy (non-hydrogen) atoms. The summed E-state index contributed by atoms with van der Waals surface area (Å²) in [6.45, 7) is 0.706. The van der Waals surface area contributed by atoms with E-state index in [-0.39, 0.29) is 5.91 Å². The zero-order valence-electron chi connectivity index (χ0n) is 12.5. The van der Waals surface area contributed by atoms with Crippen molar-refractivity contribution in [2.75, 3.05) is 13.7 Å². The molecule has 0 aliphatic heterocycles. The van der Waals surface area contributed by atoms with Gasteiger partial charge in [-0.25, -0.2) is 0 Å². The molecule has 1 aromatic rings. The quantitative estimate of drug-likeness (QED) is 0.845. The number of amides is 1. The van der Waals surface area contributed by atoms with Gasteiger partial charge in [0, 0.05) is 6.54 Å². The van der Waals surface area contributed by atoms with Gasteiger partial charge in [-0.1, -0.05) is 18.6 Å². The molecule has 1 amide bonds. The van der Waals surface area contributed by atoms with Crippen LogP contribution in [0.15, 0.2) is 24.3 Å². The predicted octanol–water partition coefficient (Wildman–Crippen LogP) is 2.43. The molecule has 2 aliphatic carbocycles. The molecular weight excluding hydrogens is 266 g/mol. The predicted molar refractivity (Wildman–Crippen MR) is 80.0 cm³/mol. The topological polar surface area (TPSA) is 58.6 Å². The van der Waals surface area contributed by atoms with Crippen molar-refractivity contribution in [2.24, 2.45) is 11.3 Å². The van der Waals surface area contributed by atoms with Gasteiger partial charge in [-0.3, -0.25) is 4.79 Å². The summed E-state index contributed by atoms with van der Waals surface area (Å²) in [5, 5.41) is 13.1. The van der Waals surface area contributed by atoms with Crippen LogP contribution in [-0.2, 0) is 4.79 Å². The van der Waals surface area contributed by atoms with E-state index in [2.05, 4.69) is 5.32 Å². The third kappa shape index (κ3) is 2.91. The van der Waals surface area contributed by atoms with E-state index in [9.17, 15) is 9.90 Å². The zero-order valence-corrected chi connectivity index (χ0v) is 12.5. The molecule has 1 atom stereocenters. The monoisotopic (exact) mass is 289 g/mol. The molecule has 1 unspecified atom stereocenters. The third-order valence-electron chi connectivity index (χ3n) is 5.07. The molecule has 0 saturated heterocycles. The van der Waals surface area contributed by atoms with Gasteiger partial charge in [0.05, 0.1) is 7.11 Å². The van der Waals surface area contributed by atoms with Gasteiger partial charge in [0.25, 0.3) is 5.91 Å². The number of ether oxygens (including phenoxy) is 1. The molecule has 2 aliphatic rings. The van der Waals surface area contributed by atoms with Crippen LogP contribution in [0.4, 0.5) is 0 Å². The number of aliphatic hydroxyl groups is 1. The summed E-state index contributed by atoms with van der Waals surface area (Å²) in [7, 11) is 1.57. The average molecular weight is 289 g/mol. The molecule has 114 valence electrons. The number of carbonyl (C=O) groups excluding carboxylic acids is 1. The average Bonchev–Trinajstić information content (AvgIpc) is 3.30. The fourth-order valence-electron chi connectivity index (χ4n) is 3.38. The number of carbonyl (C=O) groups is 1. The molecule has 2 fully saturated rings. The second-order valence-electron chi connectivity index (χ2n) is 6.39. The number of benzene rings is 1. The summed E-state index contributed by atoms with van der Waals surface area (Å²) < 4.78 is 5.12. The molecule has 0 heterocycles. The highest BCUT2D eigenvalue weighted by Gasteiger charge is 2.49.